The number of halogens is 3. The first kappa shape index (κ1) is 14.7. The number of phenols is 1. The largest absolute Gasteiger partial charge is 0.507 e. The van der Waals surface area contributed by atoms with E-state index in [9.17, 15) is 5.11 Å². The SMILES string of the molecule is Oc1ccc(Br)cc1C1=C[C@H](c2ccc(Cl)cc2Cl)NN1. The van der Waals surface area contributed by atoms with Crippen LogP contribution in [0.3, 0.4) is 0 Å². The molecular weight excluding hydrogens is 375 g/mol. The van der Waals surface area contributed by atoms with Crippen LogP contribution in [0.2, 0.25) is 10.0 Å². The molecule has 1 aliphatic rings. The molecule has 108 valence electrons. The van der Waals surface area contributed by atoms with Crippen molar-refractivity contribution in [2.45, 2.75) is 6.04 Å². The summed E-state index contributed by atoms with van der Waals surface area (Å²) in [6.45, 7) is 0. The van der Waals surface area contributed by atoms with Crippen LogP contribution in [0.1, 0.15) is 17.2 Å². The average Bonchev–Trinajstić information content (AvgIpc) is 2.91. The molecule has 0 aromatic heterocycles. The van der Waals surface area contributed by atoms with Gasteiger partial charge in [-0.25, -0.2) is 5.43 Å². The summed E-state index contributed by atoms with van der Waals surface area (Å²) in [7, 11) is 0. The van der Waals surface area contributed by atoms with E-state index in [2.05, 4.69) is 26.8 Å². The minimum Gasteiger partial charge on any atom is -0.507 e. The van der Waals surface area contributed by atoms with Gasteiger partial charge >= 0.3 is 0 Å². The van der Waals surface area contributed by atoms with Gasteiger partial charge in [-0.2, -0.15) is 0 Å². The van der Waals surface area contributed by atoms with Crippen LogP contribution in [0, 0.1) is 0 Å². The Morgan fingerprint density at radius 3 is 2.67 bits per heavy atom. The molecule has 1 atom stereocenters. The quantitative estimate of drug-likeness (QED) is 0.704. The summed E-state index contributed by atoms with van der Waals surface area (Å²) < 4.78 is 0.894. The lowest BCUT2D eigenvalue weighted by atomic mass is 10.0. The molecule has 21 heavy (non-hydrogen) atoms. The minimum absolute atomic E-state index is 0.0943. The zero-order valence-electron chi connectivity index (χ0n) is 10.7. The Hall–Kier alpha value is -1.20. The molecule has 6 heteroatoms. The van der Waals surface area contributed by atoms with E-state index in [1.165, 1.54) is 0 Å². The van der Waals surface area contributed by atoms with Crippen molar-refractivity contribution in [2.24, 2.45) is 0 Å². The normalized spacial score (nSPS) is 17.5. The lowest BCUT2D eigenvalue weighted by Crippen LogP contribution is -2.26. The zero-order valence-corrected chi connectivity index (χ0v) is 13.8. The van der Waals surface area contributed by atoms with Gasteiger partial charge in [-0.1, -0.05) is 45.2 Å². The Morgan fingerprint density at radius 1 is 1.10 bits per heavy atom. The van der Waals surface area contributed by atoms with Crippen LogP contribution in [-0.2, 0) is 0 Å². The van der Waals surface area contributed by atoms with Gasteiger partial charge in [-0.05, 0) is 42.0 Å². The second-order valence-electron chi connectivity index (χ2n) is 4.65. The van der Waals surface area contributed by atoms with Crippen LogP contribution in [0.25, 0.3) is 5.70 Å². The van der Waals surface area contributed by atoms with Gasteiger partial charge < -0.3 is 10.5 Å². The number of rotatable bonds is 2. The number of phenolic OH excluding ortho intramolecular Hbond substituents is 1. The highest BCUT2D eigenvalue weighted by molar-refractivity contribution is 9.10. The van der Waals surface area contributed by atoms with Crippen molar-refractivity contribution in [3.05, 3.63) is 68.1 Å². The lowest BCUT2D eigenvalue weighted by molar-refractivity contribution is 0.472. The van der Waals surface area contributed by atoms with Crippen molar-refractivity contribution >= 4 is 44.8 Å². The molecule has 0 bridgehead atoms. The molecular formula is C15H11BrCl2N2O. The lowest BCUT2D eigenvalue weighted by Gasteiger charge is -2.11. The van der Waals surface area contributed by atoms with E-state index in [1.807, 2.05) is 18.2 Å². The van der Waals surface area contributed by atoms with Gasteiger partial charge in [-0.3, -0.25) is 0 Å². The predicted octanol–water partition coefficient (Wildman–Crippen LogP) is 4.65. The molecule has 0 aliphatic carbocycles. The van der Waals surface area contributed by atoms with Crippen molar-refractivity contribution in [1.82, 2.24) is 10.9 Å². The molecule has 0 fully saturated rings. The molecule has 1 heterocycles. The maximum atomic E-state index is 9.97. The molecule has 2 aromatic rings. The number of hydrogen-bond acceptors (Lipinski definition) is 3. The van der Waals surface area contributed by atoms with E-state index < -0.39 is 0 Å². The van der Waals surface area contributed by atoms with Crippen LogP contribution in [-0.4, -0.2) is 5.11 Å². The highest BCUT2D eigenvalue weighted by atomic mass is 79.9. The summed E-state index contributed by atoms with van der Waals surface area (Å²) in [5.41, 5.74) is 8.63. The van der Waals surface area contributed by atoms with E-state index in [-0.39, 0.29) is 11.8 Å². The highest BCUT2D eigenvalue weighted by Gasteiger charge is 2.21. The van der Waals surface area contributed by atoms with Gasteiger partial charge in [-0.15, -0.1) is 0 Å². The topological polar surface area (TPSA) is 44.3 Å². The summed E-state index contributed by atoms with van der Waals surface area (Å²) in [5, 5.41) is 11.2. The fourth-order valence-corrected chi connectivity index (χ4v) is 3.09. The molecule has 0 saturated heterocycles. The summed E-state index contributed by atoms with van der Waals surface area (Å²) in [5.74, 6) is 0.210. The molecule has 0 amide bonds. The third kappa shape index (κ3) is 3.04. The first-order valence-corrected chi connectivity index (χ1v) is 7.76. The van der Waals surface area contributed by atoms with Crippen molar-refractivity contribution < 1.29 is 5.11 Å². The van der Waals surface area contributed by atoms with Crippen LogP contribution in [0.5, 0.6) is 5.75 Å². The van der Waals surface area contributed by atoms with E-state index in [4.69, 9.17) is 23.2 Å². The standard InChI is InChI=1S/C15H11BrCl2N2O/c16-8-1-4-15(21)11(5-8)14-7-13(19-20-14)10-3-2-9(17)6-12(10)18/h1-7,13,19-21H/t13-/m1/s1. The van der Waals surface area contributed by atoms with Crippen molar-refractivity contribution in [3.8, 4) is 5.75 Å². The Morgan fingerprint density at radius 2 is 1.90 bits per heavy atom. The molecule has 3 rings (SSSR count). The van der Waals surface area contributed by atoms with E-state index >= 15 is 0 Å². The van der Waals surface area contributed by atoms with E-state index in [1.54, 1.807) is 24.3 Å². The van der Waals surface area contributed by atoms with Crippen LogP contribution >= 0.6 is 39.1 Å². The zero-order chi connectivity index (χ0) is 15.0. The second kappa shape index (κ2) is 5.89. The number of aromatic hydroxyl groups is 1. The number of hydrazine groups is 1. The van der Waals surface area contributed by atoms with Crippen LogP contribution in [0.4, 0.5) is 0 Å². The van der Waals surface area contributed by atoms with Gasteiger partial charge in [0.2, 0.25) is 0 Å². The average molecular weight is 386 g/mol. The minimum atomic E-state index is -0.0943. The monoisotopic (exact) mass is 384 g/mol. The Kier molecular flexibility index (Phi) is 4.13. The highest BCUT2D eigenvalue weighted by Crippen LogP contribution is 2.34. The Balaban J connectivity index is 1.95. The summed E-state index contributed by atoms with van der Waals surface area (Å²) in [4.78, 5) is 0. The van der Waals surface area contributed by atoms with Crippen molar-refractivity contribution in [3.63, 3.8) is 0 Å². The molecule has 0 saturated carbocycles. The van der Waals surface area contributed by atoms with Crippen LogP contribution < -0.4 is 10.9 Å². The molecule has 2 aromatic carbocycles. The van der Waals surface area contributed by atoms with Gasteiger partial charge in [0.05, 0.1) is 11.7 Å². The molecule has 3 N–H and O–H groups in total. The van der Waals surface area contributed by atoms with Gasteiger partial charge in [0.25, 0.3) is 0 Å². The van der Waals surface area contributed by atoms with Gasteiger partial charge in [0.1, 0.15) is 5.75 Å². The van der Waals surface area contributed by atoms with E-state index in [0.29, 0.717) is 15.6 Å². The second-order valence-corrected chi connectivity index (χ2v) is 6.41. The van der Waals surface area contributed by atoms with E-state index in [0.717, 1.165) is 15.7 Å². The molecule has 0 unspecified atom stereocenters. The van der Waals surface area contributed by atoms with Crippen molar-refractivity contribution in [1.29, 1.82) is 0 Å². The van der Waals surface area contributed by atoms with Gasteiger partial charge in [0, 0.05) is 20.1 Å². The van der Waals surface area contributed by atoms with Crippen molar-refractivity contribution in [2.75, 3.05) is 0 Å². The Labute approximate surface area is 140 Å². The fraction of sp³-hybridized carbons (Fsp3) is 0.0667. The summed E-state index contributed by atoms with van der Waals surface area (Å²) in [6.07, 6.45) is 1.97. The molecule has 0 radical (unpaired) electrons. The first-order valence-electron chi connectivity index (χ1n) is 6.22. The number of hydrogen-bond donors (Lipinski definition) is 3. The molecule has 0 spiro atoms. The summed E-state index contributed by atoms with van der Waals surface area (Å²) in [6, 6.07) is 10.6. The maximum Gasteiger partial charge on any atom is 0.124 e. The van der Waals surface area contributed by atoms with Gasteiger partial charge in [0.15, 0.2) is 0 Å². The van der Waals surface area contributed by atoms with Crippen LogP contribution in [0.15, 0.2) is 46.9 Å². The Bertz CT molecular complexity index is 734. The predicted molar refractivity (Wildman–Crippen MR) is 89.3 cm³/mol. The third-order valence-corrected chi connectivity index (χ3v) is 4.30. The fourth-order valence-electron chi connectivity index (χ4n) is 2.21. The molecule has 1 aliphatic heterocycles. The maximum absolute atomic E-state index is 9.97. The summed E-state index contributed by atoms with van der Waals surface area (Å²) >= 11 is 15.5. The third-order valence-electron chi connectivity index (χ3n) is 3.24. The number of benzene rings is 2. The first-order chi connectivity index (χ1) is 10.0. The number of nitrogens with one attached hydrogen (secondary N) is 2. The molecule has 3 nitrogen and oxygen atoms in total. The smallest absolute Gasteiger partial charge is 0.124 e.